The molecule has 0 fully saturated rings. The number of hydrogen-bond acceptors (Lipinski definition) is 4. The van der Waals surface area contributed by atoms with Crippen molar-refractivity contribution in [1.29, 1.82) is 0 Å². The van der Waals surface area contributed by atoms with E-state index in [1.165, 1.54) is 11.3 Å². The minimum Gasteiger partial charge on any atom is -0.315 e. The van der Waals surface area contributed by atoms with Crippen LogP contribution in [0.15, 0.2) is 34.5 Å². The first-order chi connectivity index (χ1) is 9.42. The van der Waals surface area contributed by atoms with E-state index >= 15 is 0 Å². The van der Waals surface area contributed by atoms with Crippen molar-refractivity contribution in [3.05, 3.63) is 45.8 Å². The maximum Gasteiger partial charge on any atom is 0.271 e. The zero-order valence-corrected chi connectivity index (χ0v) is 13.5. The van der Waals surface area contributed by atoms with Crippen LogP contribution in [0.5, 0.6) is 0 Å². The fraction of sp³-hybridized carbons (Fsp3) is 0.231. The van der Waals surface area contributed by atoms with Crippen molar-refractivity contribution < 1.29 is 8.42 Å². The molecule has 0 atom stereocenters. The summed E-state index contributed by atoms with van der Waals surface area (Å²) in [7, 11) is -1.77. The minimum absolute atomic E-state index is 0.277. The summed E-state index contributed by atoms with van der Waals surface area (Å²) in [6.45, 7) is 2.54. The van der Waals surface area contributed by atoms with Gasteiger partial charge in [0.25, 0.3) is 10.0 Å². The fourth-order valence-electron chi connectivity index (χ4n) is 1.67. The summed E-state index contributed by atoms with van der Waals surface area (Å²) >= 11 is 7.28. The number of nitrogens with one attached hydrogen (secondary N) is 2. The first kappa shape index (κ1) is 15.3. The van der Waals surface area contributed by atoms with Gasteiger partial charge >= 0.3 is 0 Å². The molecular formula is C13H15ClN2O2S2. The number of aryl methyl sites for hydroxylation is 1. The molecule has 4 nitrogen and oxygen atoms in total. The molecule has 0 bridgehead atoms. The Morgan fingerprint density at radius 1 is 1.25 bits per heavy atom. The highest BCUT2D eigenvalue weighted by Gasteiger charge is 2.18. The van der Waals surface area contributed by atoms with E-state index in [-0.39, 0.29) is 4.21 Å². The Morgan fingerprint density at radius 3 is 2.65 bits per heavy atom. The highest BCUT2D eigenvalue weighted by molar-refractivity contribution is 7.94. The van der Waals surface area contributed by atoms with Gasteiger partial charge in [-0.25, -0.2) is 8.42 Å². The zero-order chi connectivity index (χ0) is 14.8. The molecule has 0 aliphatic rings. The van der Waals surface area contributed by atoms with Crippen LogP contribution in [0.25, 0.3) is 0 Å². The van der Waals surface area contributed by atoms with Crippen molar-refractivity contribution >= 4 is 38.6 Å². The van der Waals surface area contributed by atoms with E-state index in [4.69, 9.17) is 11.6 Å². The highest BCUT2D eigenvalue weighted by atomic mass is 35.5. The first-order valence-electron chi connectivity index (χ1n) is 5.94. The quantitative estimate of drug-likeness (QED) is 0.885. The van der Waals surface area contributed by atoms with Crippen LogP contribution in [0.2, 0.25) is 5.02 Å². The number of benzene rings is 1. The van der Waals surface area contributed by atoms with Crippen LogP contribution < -0.4 is 10.0 Å². The molecule has 1 aromatic carbocycles. The standard InChI is InChI=1S/C13H15ClN2O2S2/c1-9-3-5-12(11(14)7-9)16-20(17,18)13-6-4-10(19-13)8-15-2/h3-7,15-16H,8H2,1-2H3. The summed E-state index contributed by atoms with van der Waals surface area (Å²) in [6, 6.07) is 8.59. The van der Waals surface area contributed by atoms with Crippen LogP contribution in [0.4, 0.5) is 5.69 Å². The minimum atomic E-state index is -3.59. The largest absolute Gasteiger partial charge is 0.315 e. The van der Waals surface area contributed by atoms with Gasteiger partial charge in [0.15, 0.2) is 0 Å². The van der Waals surface area contributed by atoms with Crippen LogP contribution in [0.3, 0.4) is 0 Å². The Hall–Kier alpha value is -1.08. The normalized spacial score (nSPS) is 11.6. The SMILES string of the molecule is CNCc1ccc(S(=O)(=O)Nc2ccc(C)cc2Cl)s1. The van der Waals surface area contributed by atoms with E-state index in [0.717, 1.165) is 10.4 Å². The molecule has 0 amide bonds. The van der Waals surface area contributed by atoms with Crippen molar-refractivity contribution in [2.45, 2.75) is 17.7 Å². The molecule has 20 heavy (non-hydrogen) atoms. The van der Waals surface area contributed by atoms with Gasteiger partial charge in [0, 0.05) is 11.4 Å². The molecule has 0 saturated heterocycles. The van der Waals surface area contributed by atoms with Gasteiger partial charge in [-0.05, 0) is 43.8 Å². The van der Waals surface area contributed by atoms with Gasteiger partial charge in [-0.1, -0.05) is 17.7 Å². The van der Waals surface area contributed by atoms with Crippen LogP contribution in [-0.2, 0) is 16.6 Å². The van der Waals surface area contributed by atoms with Gasteiger partial charge in [-0.2, -0.15) is 0 Å². The lowest BCUT2D eigenvalue weighted by Crippen LogP contribution is -2.11. The van der Waals surface area contributed by atoms with Gasteiger partial charge in [-0.3, -0.25) is 4.72 Å². The number of halogens is 1. The van der Waals surface area contributed by atoms with Crippen LogP contribution in [0, 0.1) is 6.92 Å². The van der Waals surface area contributed by atoms with E-state index in [2.05, 4.69) is 10.0 Å². The average Bonchev–Trinajstić information content (AvgIpc) is 2.83. The molecule has 0 spiro atoms. The summed E-state index contributed by atoms with van der Waals surface area (Å²) < 4.78 is 27.3. The second-order valence-electron chi connectivity index (χ2n) is 4.34. The maximum atomic E-state index is 12.3. The predicted molar refractivity (Wildman–Crippen MR) is 84.1 cm³/mol. The van der Waals surface area contributed by atoms with Crippen LogP contribution >= 0.6 is 22.9 Å². The third kappa shape index (κ3) is 3.52. The lowest BCUT2D eigenvalue weighted by atomic mass is 10.2. The van der Waals surface area contributed by atoms with Gasteiger partial charge in [0.05, 0.1) is 10.7 Å². The summed E-state index contributed by atoms with van der Waals surface area (Å²) in [4.78, 5) is 0.961. The summed E-state index contributed by atoms with van der Waals surface area (Å²) in [6.07, 6.45) is 0. The number of thiophene rings is 1. The second kappa shape index (κ2) is 6.13. The van der Waals surface area contributed by atoms with E-state index in [0.29, 0.717) is 17.3 Å². The third-order valence-electron chi connectivity index (χ3n) is 2.62. The molecule has 2 rings (SSSR count). The molecule has 0 aliphatic heterocycles. The highest BCUT2D eigenvalue weighted by Crippen LogP contribution is 2.28. The van der Waals surface area contributed by atoms with E-state index in [9.17, 15) is 8.42 Å². The van der Waals surface area contributed by atoms with Gasteiger partial charge in [0.2, 0.25) is 0 Å². The second-order valence-corrected chi connectivity index (χ2v) is 7.82. The molecule has 2 aromatic rings. The van der Waals surface area contributed by atoms with Crippen molar-refractivity contribution in [3.63, 3.8) is 0 Å². The first-order valence-corrected chi connectivity index (χ1v) is 8.62. The molecule has 0 saturated carbocycles. The molecular weight excluding hydrogens is 316 g/mol. The maximum absolute atomic E-state index is 12.3. The molecule has 0 aliphatic carbocycles. The fourth-order valence-corrected chi connectivity index (χ4v) is 4.46. The summed E-state index contributed by atoms with van der Waals surface area (Å²) in [5.41, 5.74) is 1.37. The molecule has 108 valence electrons. The lowest BCUT2D eigenvalue weighted by molar-refractivity contribution is 0.603. The topological polar surface area (TPSA) is 58.2 Å². The Balaban J connectivity index is 2.26. The summed E-state index contributed by atoms with van der Waals surface area (Å²) in [5.74, 6) is 0. The Kier molecular flexibility index (Phi) is 4.70. The smallest absolute Gasteiger partial charge is 0.271 e. The molecule has 0 unspecified atom stereocenters. The van der Waals surface area contributed by atoms with Crippen molar-refractivity contribution in [2.24, 2.45) is 0 Å². The van der Waals surface area contributed by atoms with E-state index in [1.807, 2.05) is 20.0 Å². The monoisotopic (exact) mass is 330 g/mol. The van der Waals surface area contributed by atoms with Gasteiger partial charge < -0.3 is 5.32 Å². The Morgan fingerprint density at radius 2 is 2.00 bits per heavy atom. The van der Waals surface area contributed by atoms with E-state index in [1.54, 1.807) is 24.3 Å². The van der Waals surface area contributed by atoms with Crippen LogP contribution in [-0.4, -0.2) is 15.5 Å². The number of anilines is 1. The molecule has 0 radical (unpaired) electrons. The molecule has 2 N–H and O–H groups in total. The number of rotatable bonds is 5. The Labute approximate surface area is 127 Å². The predicted octanol–water partition coefficient (Wildman–Crippen LogP) is 3.23. The van der Waals surface area contributed by atoms with Gasteiger partial charge in [-0.15, -0.1) is 11.3 Å². The number of sulfonamides is 1. The van der Waals surface area contributed by atoms with Gasteiger partial charge in [0.1, 0.15) is 4.21 Å². The van der Waals surface area contributed by atoms with Crippen molar-refractivity contribution in [2.75, 3.05) is 11.8 Å². The molecule has 1 heterocycles. The molecule has 1 aromatic heterocycles. The molecule has 7 heteroatoms. The lowest BCUT2D eigenvalue weighted by Gasteiger charge is -2.08. The van der Waals surface area contributed by atoms with Crippen molar-refractivity contribution in [1.82, 2.24) is 5.32 Å². The van der Waals surface area contributed by atoms with Crippen molar-refractivity contribution in [3.8, 4) is 0 Å². The van der Waals surface area contributed by atoms with Crippen LogP contribution in [0.1, 0.15) is 10.4 Å². The number of hydrogen-bond donors (Lipinski definition) is 2. The summed E-state index contributed by atoms with van der Waals surface area (Å²) in [5, 5.41) is 3.38. The Bertz CT molecular complexity index is 711. The third-order valence-corrected chi connectivity index (χ3v) is 5.88. The van der Waals surface area contributed by atoms with E-state index < -0.39 is 10.0 Å². The average molecular weight is 331 g/mol. The zero-order valence-electron chi connectivity index (χ0n) is 11.1.